The van der Waals surface area contributed by atoms with Gasteiger partial charge in [0.1, 0.15) is 12.4 Å². The summed E-state index contributed by atoms with van der Waals surface area (Å²) in [5, 5.41) is 15.3. The Bertz CT molecular complexity index is 832. The Kier molecular flexibility index (Phi) is 4.49. The number of benzene rings is 2. The first kappa shape index (κ1) is 15.0. The van der Waals surface area contributed by atoms with Gasteiger partial charge in [0.2, 0.25) is 0 Å². The molecule has 0 aliphatic rings. The van der Waals surface area contributed by atoms with Gasteiger partial charge in [0.15, 0.2) is 0 Å². The molecular formula is C15H13ClN6O. The van der Waals surface area contributed by atoms with E-state index in [0.717, 1.165) is 15.9 Å². The summed E-state index contributed by atoms with van der Waals surface area (Å²) in [5.74, 6) is 0.825. The number of nitrogens with zero attached hydrogens (tertiary/aromatic N) is 5. The molecule has 1 heterocycles. The molecule has 2 N–H and O–H groups in total. The number of halogens is 1. The number of tetrazole rings is 1. The number of rotatable bonds is 5. The molecule has 0 fully saturated rings. The van der Waals surface area contributed by atoms with Gasteiger partial charge < -0.3 is 10.5 Å². The van der Waals surface area contributed by atoms with Crippen molar-refractivity contribution < 1.29 is 4.74 Å². The van der Waals surface area contributed by atoms with Crippen molar-refractivity contribution in [3.05, 3.63) is 64.7 Å². The number of anilines is 1. The lowest BCUT2D eigenvalue weighted by Gasteiger charge is -2.08. The van der Waals surface area contributed by atoms with Crippen molar-refractivity contribution in [2.45, 2.75) is 6.61 Å². The van der Waals surface area contributed by atoms with Gasteiger partial charge in [-0.25, -0.2) is 0 Å². The molecule has 0 atom stereocenters. The molecule has 0 radical (unpaired) electrons. The standard InChI is InChI=1S/C15H13ClN6O/c16-14-7-2-1-5-12(14)10-23-13-6-3-4-11(8-13)9-18-22-15(17)19-20-21-22/h1-9H,10H2,(H2,17,19,21)/b18-9-. The van der Waals surface area contributed by atoms with Crippen molar-refractivity contribution in [3.8, 4) is 5.75 Å². The molecule has 0 aliphatic heterocycles. The lowest BCUT2D eigenvalue weighted by atomic mass is 10.2. The van der Waals surface area contributed by atoms with E-state index in [1.54, 1.807) is 6.21 Å². The van der Waals surface area contributed by atoms with Gasteiger partial charge in [0, 0.05) is 10.6 Å². The Morgan fingerprint density at radius 2 is 2.09 bits per heavy atom. The molecular weight excluding hydrogens is 316 g/mol. The number of nitrogens with two attached hydrogens (primary N) is 1. The van der Waals surface area contributed by atoms with Gasteiger partial charge in [-0.3, -0.25) is 0 Å². The summed E-state index contributed by atoms with van der Waals surface area (Å²) in [5.41, 5.74) is 7.29. The van der Waals surface area contributed by atoms with Crippen LogP contribution in [0.1, 0.15) is 11.1 Å². The zero-order chi connectivity index (χ0) is 16.1. The minimum absolute atomic E-state index is 0.118. The Balaban J connectivity index is 1.69. The fraction of sp³-hybridized carbons (Fsp3) is 0.0667. The van der Waals surface area contributed by atoms with Crippen molar-refractivity contribution in [2.75, 3.05) is 5.73 Å². The molecule has 0 spiro atoms. The summed E-state index contributed by atoms with van der Waals surface area (Å²) >= 11 is 6.11. The second kappa shape index (κ2) is 6.89. The first-order valence-corrected chi connectivity index (χ1v) is 7.14. The fourth-order valence-corrected chi connectivity index (χ4v) is 2.04. The summed E-state index contributed by atoms with van der Waals surface area (Å²) in [4.78, 5) is 1.14. The molecule has 1 aromatic heterocycles. The van der Waals surface area contributed by atoms with Gasteiger partial charge in [0.25, 0.3) is 5.95 Å². The van der Waals surface area contributed by atoms with Gasteiger partial charge in [-0.1, -0.05) is 51.8 Å². The second-order valence-electron chi connectivity index (χ2n) is 4.62. The van der Waals surface area contributed by atoms with Crippen LogP contribution in [0.4, 0.5) is 5.95 Å². The zero-order valence-corrected chi connectivity index (χ0v) is 12.8. The largest absolute Gasteiger partial charge is 0.489 e. The second-order valence-corrected chi connectivity index (χ2v) is 5.03. The molecule has 0 saturated heterocycles. The summed E-state index contributed by atoms with van der Waals surface area (Å²) in [6, 6.07) is 15.0. The van der Waals surface area contributed by atoms with E-state index < -0.39 is 0 Å². The van der Waals surface area contributed by atoms with Crippen LogP contribution >= 0.6 is 11.6 Å². The summed E-state index contributed by atoms with van der Waals surface area (Å²) in [6.45, 7) is 0.389. The third kappa shape index (κ3) is 3.83. The number of hydrogen-bond acceptors (Lipinski definition) is 6. The van der Waals surface area contributed by atoms with Crippen LogP contribution in [-0.2, 0) is 6.61 Å². The van der Waals surface area contributed by atoms with Crippen LogP contribution in [0.25, 0.3) is 0 Å². The highest BCUT2D eigenvalue weighted by molar-refractivity contribution is 6.31. The molecule has 3 aromatic rings. The van der Waals surface area contributed by atoms with Crippen molar-refractivity contribution in [1.82, 2.24) is 20.3 Å². The van der Waals surface area contributed by atoms with Crippen LogP contribution in [0.5, 0.6) is 5.75 Å². The van der Waals surface area contributed by atoms with Crippen LogP contribution in [0.15, 0.2) is 53.6 Å². The highest BCUT2D eigenvalue weighted by atomic mass is 35.5. The van der Waals surface area contributed by atoms with E-state index in [4.69, 9.17) is 22.1 Å². The molecule has 7 nitrogen and oxygen atoms in total. The maximum absolute atomic E-state index is 6.11. The number of aromatic nitrogens is 4. The van der Waals surface area contributed by atoms with Crippen LogP contribution in [0, 0.1) is 0 Å². The van der Waals surface area contributed by atoms with E-state index >= 15 is 0 Å². The zero-order valence-electron chi connectivity index (χ0n) is 12.0. The lowest BCUT2D eigenvalue weighted by molar-refractivity contribution is 0.306. The van der Waals surface area contributed by atoms with Crippen molar-refractivity contribution in [3.63, 3.8) is 0 Å². The predicted molar refractivity (Wildman–Crippen MR) is 87.4 cm³/mol. The summed E-state index contributed by atoms with van der Waals surface area (Å²) in [7, 11) is 0. The Hall–Kier alpha value is -2.93. The van der Waals surface area contributed by atoms with Crippen LogP contribution in [0.2, 0.25) is 5.02 Å². The van der Waals surface area contributed by atoms with E-state index in [9.17, 15) is 0 Å². The molecule has 0 unspecified atom stereocenters. The van der Waals surface area contributed by atoms with E-state index in [2.05, 4.69) is 20.6 Å². The molecule has 0 saturated carbocycles. The monoisotopic (exact) mass is 328 g/mol. The quantitative estimate of drug-likeness (QED) is 0.726. The highest BCUT2D eigenvalue weighted by Gasteiger charge is 2.01. The van der Waals surface area contributed by atoms with Crippen LogP contribution < -0.4 is 10.5 Å². The van der Waals surface area contributed by atoms with Crippen molar-refractivity contribution in [1.29, 1.82) is 0 Å². The van der Waals surface area contributed by atoms with E-state index in [-0.39, 0.29) is 5.95 Å². The molecule has 8 heteroatoms. The smallest absolute Gasteiger partial charge is 0.263 e. The number of hydrogen-bond donors (Lipinski definition) is 1. The average Bonchev–Trinajstić information content (AvgIpc) is 2.98. The minimum atomic E-state index is 0.118. The van der Waals surface area contributed by atoms with Gasteiger partial charge in [-0.15, -0.1) is 0 Å². The Morgan fingerprint density at radius 1 is 1.22 bits per heavy atom. The topological polar surface area (TPSA) is 91.2 Å². The lowest BCUT2D eigenvalue weighted by Crippen LogP contribution is -2.00. The summed E-state index contributed by atoms with van der Waals surface area (Å²) in [6.07, 6.45) is 1.59. The third-order valence-corrected chi connectivity index (χ3v) is 3.37. The molecule has 0 amide bonds. The molecule has 0 aliphatic carbocycles. The Morgan fingerprint density at radius 3 is 2.87 bits per heavy atom. The van der Waals surface area contributed by atoms with Crippen molar-refractivity contribution in [2.24, 2.45) is 5.10 Å². The van der Waals surface area contributed by atoms with Crippen molar-refractivity contribution >= 4 is 23.8 Å². The van der Waals surface area contributed by atoms with Gasteiger partial charge in [0.05, 0.1) is 6.21 Å². The van der Waals surface area contributed by atoms with E-state index in [1.807, 2.05) is 48.5 Å². The number of nitrogen functional groups attached to an aromatic ring is 1. The first-order chi connectivity index (χ1) is 11.2. The van der Waals surface area contributed by atoms with E-state index in [1.165, 1.54) is 0 Å². The maximum Gasteiger partial charge on any atom is 0.263 e. The minimum Gasteiger partial charge on any atom is -0.489 e. The van der Waals surface area contributed by atoms with Crippen LogP contribution in [-0.4, -0.2) is 26.5 Å². The van der Waals surface area contributed by atoms with Crippen LogP contribution in [0.3, 0.4) is 0 Å². The third-order valence-electron chi connectivity index (χ3n) is 3.00. The van der Waals surface area contributed by atoms with Gasteiger partial charge in [-0.05, 0) is 34.2 Å². The SMILES string of the molecule is Nc1nnnn1/N=C\c1cccc(OCc2ccccc2Cl)c1. The highest BCUT2D eigenvalue weighted by Crippen LogP contribution is 2.19. The average molecular weight is 329 g/mol. The normalized spacial score (nSPS) is 11.0. The molecule has 116 valence electrons. The fourth-order valence-electron chi connectivity index (χ4n) is 1.85. The molecule has 2 aromatic carbocycles. The molecule has 0 bridgehead atoms. The summed E-state index contributed by atoms with van der Waals surface area (Å²) < 4.78 is 5.76. The maximum atomic E-state index is 6.11. The van der Waals surface area contributed by atoms with Gasteiger partial charge >= 0.3 is 0 Å². The first-order valence-electron chi connectivity index (χ1n) is 6.77. The predicted octanol–water partition coefficient (Wildman–Crippen LogP) is 2.37. The Labute approximate surface area is 137 Å². The molecule has 23 heavy (non-hydrogen) atoms. The number of ether oxygens (including phenoxy) is 1. The van der Waals surface area contributed by atoms with E-state index in [0.29, 0.717) is 17.4 Å². The molecule has 3 rings (SSSR count). The van der Waals surface area contributed by atoms with Gasteiger partial charge in [-0.2, -0.15) is 5.10 Å².